The highest BCUT2D eigenvalue weighted by atomic mass is 16.6. The second-order valence-corrected chi connectivity index (χ2v) is 6.75. The van der Waals surface area contributed by atoms with Gasteiger partial charge in [0.2, 0.25) is 0 Å². The lowest BCUT2D eigenvalue weighted by Crippen LogP contribution is -2.61. The molecule has 1 aromatic rings. The summed E-state index contributed by atoms with van der Waals surface area (Å²) in [5.41, 5.74) is 0.325. The highest BCUT2D eigenvalue weighted by Gasteiger charge is 2.34. The quantitative estimate of drug-likeness (QED) is 0.872. The molecule has 1 aromatic carbocycles. The molecule has 0 bridgehead atoms. The van der Waals surface area contributed by atoms with Crippen molar-refractivity contribution in [3.63, 3.8) is 0 Å². The molecule has 2 N–H and O–H groups in total. The molecule has 8 nitrogen and oxygen atoms in total. The molecule has 1 fully saturated rings. The third-order valence-electron chi connectivity index (χ3n) is 3.43. The molecule has 8 heteroatoms. The van der Waals surface area contributed by atoms with Crippen molar-refractivity contribution in [3.8, 4) is 0 Å². The van der Waals surface area contributed by atoms with Gasteiger partial charge in [-0.3, -0.25) is 10.1 Å². The maximum atomic E-state index is 12.3. The Labute approximate surface area is 146 Å². The number of anilines is 1. The normalized spacial score (nSPS) is 14.3. The number of ether oxygens (including phenoxy) is 2. The number of nitrogens with zero attached hydrogens (tertiary/aromatic N) is 1. The van der Waals surface area contributed by atoms with Gasteiger partial charge in [-0.05, 0) is 39.0 Å². The van der Waals surface area contributed by atoms with Crippen LogP contribution in [0.4, 0.5) is 15.3 Å². The van der Waals surface area contributed by atoms with E-state index in [0.29, 0.717) is 24.3 Å². The summed E-state index contributed by atoms with van der Waals surface area (Å²) in [6.07, 6.45) is -0.994. The Morgan fingerprint density at radius 1 is 1.20 bits per heavy atom. The molecule has 1 saturated heterocycles. The van der Waals surface area contributed by atoms with Crippen LogP contribution in [0.15, 0.2) is 24.3 Å². The van der Waals surface area contributed by atoms with E-state index in [4.69, 9.17) is 4.74 Å². The third kappa shape index (κ3) is 5.37. The van der Waals surface area contributed by atoms with Gasteiger partial charge in [0.1, 0.15) is 5.60 Å². The van der Waals surface area contributed by atoms with Gasteiger partial charge >= 0.3 is 12.2 Å². The molecule has 136 valence electrons. The van der Waals surface area contributed by atoms with E-state index in [1.165, 1.54) is 12.0 Å². The van der Waals surface area contributed by atoms with Crippen LogP contribution in [0, 0.1) is 0 Å². The predicted octanol–water partition coefficient (Wildman–Crippen LogP) is 2.21. The molecule has 2 rings (SSSR count). The van der Waals surface area contributed by atoms with Crippen LogP contribution in [0.1, 0.15) is 31.1 Å². The minimum absolute atomic E-state index is 0.128. The van der Waals surface area contributed by atoms with Crippen LogP contribution >= 0.6 is 0 Å². The molecule has 0 saturated carbocycles. The number of carbonyl (C=O) groups excluding carboxylic acids is 3. The zero-order chi connectivity index (χ0) is 18.6. The Balaban J connectivity index is 1.85. The number of benzene rings is 1. The first-order chi connectivity index (χ1) is 11.7. The average Bonchev–Trinajstić information content (AvgIpc) is 2.48. The summed E-state index contributed by atoms with van der Waals surface area (Å²) in [7, 11) is 1.26. The molecule has 0 aliphatic carbocycles. The minimum atomic E-state index is -0.607. The lowest BCUT2D eigenvalue weighted by atomic mass is 10.1. The van der Waals surface area contributed by atoms with Crippen molar-refractivity contribution in [3.05, 3.63) is 29.8 Å². The van der Waals surface area contributed by atoms with E-state index in [2.05, 4.69) is 15.4 Å². The highest BCUT2D eigenvalue weighted by molar-refractivity contribution is 5.96. The number of rotatable bonds is 3. The fourth-order valence-electron chi connectivity index (χ4n) is 2.22. The molecule has 0 radical (unpaired) electrons. The number of hydrogen-bond acceptors (Lipinski definition) is 5. The fraction of sp³-hybridized carbons (Fsp3) is 0.471. The van der Waals surface area contributed by atoms with E-state index in [1.807, 2.05) is 0 Å². The van der Waals surface area contributed by atoms with Crippen LogP contribution in [0.5, 0.6) is 0 Å². The summed E-state index contributed by atoms with van der Waals surface area (Å²) >= 11 is 0. The summed E-state index contributed by atoms with van der Waals surface area (Å²) < 4.78 is 9.78. The van der Waals surface area contributed by atoms with Gasteiger partial charge < -0.3 is 19.7 Å². The van der Waals surface area contributed by atoms with Gasteiger partial charge in [-0.1, -0.05) is 6.07 Å². The molecule has 0 unspecified atom stereocenters. The summed E-state index contributed by atoms with van der Waals surface area (Å²) in [5, 5.41) is 5.34. The predicted molar refractivity (Wildman–Crippen MR) is 91.5 cm³/mol. The smallest absolute Gasteiger partial charge is 0.411 e. The van der Waals surface area contributed by atoms with E-state index in [-0.39, 0.29) is 18.0 Å². The van der Waals surface area contributed by atoms with Crippen LogP contribution in [0.3, 0.4) is 0 Å². The van der Waals surface area contributed by atoms with Crippen molar-refractivity contribution in [2.24, 2.45) is 0 Å². The summed E-state index contributed by atoms with van der Waals surface area (Å²) in [6.45, 7) is 6.22. The van der Waals surface area contributed by atoms with Gasteiger partial charge in [-0.15, -0.1) is 0 Å². The van der Waals surface area contributed by atoms with Crippen molar-refractivity contribution in [2.45, 2.75) is 32.4 Å². The highest BCUT2D eigenvalue weighted by Crippen LogP contribution is 2.16. The lowest BCUT2D eigenvalue weighted by Gasteiger charge is -2.39. The number of nitrogens with one attached hydrogen (secondary N) is 2. The molecule has 0 aromatic heterocycles. The zero-order valence-corrected chi connectivity index (χ0v) is 14.8. The van der Waals surface area contributed by atoms with Crippen molar-refractivity contribution in [2.75, 3.05) is 25.5 Å². The number of carbonyl (C=O) groups is 3. The number of hydrogen-bond donors (Lipinski definition) is 2. The van der Waals surface area contributed by atoms with Gasteiger partial charge in [0.05, 0.1) is 13.2 Å². The Morgan fingerprint density at radius 3 is 2.48 bits per heavy atom. The summed E-state index contributed by atoms with van der Waals surface area (Å²) in [5.74, 6) is -0.276. The molecule has 1 aliphatic rings. The van der Waals surface area contributed by atoms with Gasteiger partial charge in [0.25, 0.3) is 5.91 Å². The number of amides is 3. The molecule has 1 heterocycles. The van der Waals surface area contributed by atoms with Crippen LogP contribution in [0.2, 0.25) is 0 Å². The van der Waals surface area contributed by atoms with E-state index in [9.17, 15) is 14.4 Å². The van der Waals surface area contributed by atoms with Gasteiger partial charge in [-0.2, -0.15) is 0 Å². The maximum Gasteiger partial charge on any atom is 0.411 e. The van der Waals surface area contributed by atoms with Gasteiger partial charge in [0, 0.05) is 24.3 Å². The van der Waals surface area contributed by atoms with Gasteiger partial charge in [0.15, 0.2) is 0 Å². The SMILES string of the molecule is COC(=O)Nc1cccc(C(=O)NC2CN(C(=O)OC(C)(C)C)C2)c1. The average molecular weight is 349 g/mol. The molecule has 0 spiro atoms. The van der Waals surface area contributed by atoms with Crippen LogP contribution in [-0.4, -0.2) is 54.8 Å². The third-order valence-corrected chi connectivity index (χ3v) is 3.43. The second-order valence-electron chi connectivity index (χ2n) is 6.75. The fourth-order valence-corrected chi connectivity index (χ4v) is 2.22. The monoisotopic (exact) mass is 349 g/mol. The Morgan fingerprint density at radius 2 is 1.88 bits per heavy atom. The van der Waals surface area contributed by atoms with E-state index >= 15 is 0 Å². The van der Waals surface area contributed by atoms with Gasteiger partial charge in [-0.25, -0.2) is 9.59 Å². The van der Waals surface area contributed by atoms with Crippen molar-refractivity contribution < 1.29 is 23.9 Å². The molecule has 1 aliphatic heterocycles. The summed E-state index contributed by atoms with van der Waals surface area (Å²) in [4.78, 5) is 36.9. The Hall–Kier alpha value is -2.77. The summed E-state index contributed by atoms with van der Waals surface area (Å²) in [6, 6.07) is 6.38. The lowest BCUT2D eigenvalue weighted by molar-refractivity contribution is 0.00533. The minimum Gasteiger partial charge on any atom is -0.453 e. The molecular formula is C17H23N3O5. The van der Waals surface area contributed by atoms with E-state index < -0.39 is 11.7 Å². The van der Waals surface area contributed by atoms with Crippen LogP contribution in [0.25, 0.3) is 0 Å². The topological polar surface area (TPSA) is 97.0 Å². The molecule has 3 amide bonds. The number of likely N-dealkylation sites (tertiary alicyclic amines) is 1. The van der Waals surface area contributed by atoms with E-state index in [0.717, 1.165) is 0 Å². The zero-order valence-electron chi connectivity index (χ0n) is 14.8. The van der Waals surface area contributed by atoms with Crippen molar-refractivity contribution in [1.82, 2.24) is 10.2 Å². The largest absolute Gasteiger partial charge is 0.453 e. The Kier molecular flexibility index (Phi) is 5.51. The van der Waals surface area contributed by atoms with Crippen molar-refractivity contribution in [1.29, 1.82) is 0 Å². The first-order valence-corrected chi connectivity index (χ1v) is 7.92. The van der Waals surface area contributed by atoms with E-state index in [1.54, 1.807) is 45.0 Å². The van der Waals surface area contributed by atoms with Crippen LogP contribution in [-0.2, 0) is 9.47 Å². The standard InChI is InChI=1S/C17H23N3O5/c1-17(2,3)25-16(23)20-9-13(10-20)18-14(21)11-6-5-7-12(8-11)19-15(22)24-4/h5-8,13H,9-10H2,1-4H3,(H,18,21)(H,19,22). The Bertz CT molecular complexity index is 662. The second kappa shape index (κ2) is 7.42. The first-order valence-electron chi connectivity index (χ1n) is 7.92. The van der Waals surface area contributed by atoms with Crippen LogP contribution < -0.4 is 10.6 Å². The molecule has 0 atom stereocenters. The maximum absolute atomic E-state index is 12.3. The van der Waals surface area contributed by atoms with Crippen molar-refractivity contribution >= 4 is 23.8 Å². The number of methoxy groups -OCH3 is 1. The molecular weight excluding hydrogens is 326 g/mol. The molecule has 25 heavy (non-hydrogen) atoms. The first kappa shape index (κ1) is 18.6.